The van der Waals surface area contributed by atoms with Gasteiger partial charge >= 0.3 is 0 Å². The van der Waals surface area contributed by atoms with E-state index in [1.54, 1.807) is 53.1 Å². The molecule has 33 heavy (non-hydrogen) atoms. The molecule has 0 amide bonds. The van der Waals surface area contributed by atoms with Crippen molar-refractivity contribution in [1.29, 1.82) is 0 Å². The number of rotatable bonds is 4. The van der Waals surface area contributed by atoms with Crippen molar-refractivity contribution in [2.24, 2.45) is 0 Å². The first-order valence-corrected chi connectivity index (χ1v) is 12.2. The molecule has 0 aliphatic carbocycles. The number of pyridine rings is 1. The van der Waals surface area contributed by atoms with Crippen molar-refractivity contribution >= 4 is 26.6 Å². The number of piperidine rings is 1. The Labute approximate surface area is 191 Å². The van der Waals surface area contributed by atoms with Crippen LogP contribution in [0.4, 0.5) is 5.82 Å². The molecule has 0 saturated carbocycles. The molecule has 168 valence electrons. The van der Waals surface area contributed by atoms with Crippen LogP contribution in [0.3, 0.4) is 0 Å². The largest absolute Gasteiger partial charge is 0.382 e. The minimum Gasteiger partial charge on any atom is -0.382 e. The average molecular weight is 462 g/mol. The number of hydrogen-bond donors (Lipinski definition) is 2. The number of nitrogens with zero attached hydrogens (tertiary/aromatic N) is 3. The zero-order chi connectivity index (χ0) is 23.0. The number of sulfonamides is 1. The Morgan fingerprint density at radius 1 is 0.939 bits per heavy atom. The molecule has 1 saturated heterocycles. The van der Waals surface area contributed by atoms with E-state index in [0.29, 0.717) is 29.9 Å². The van der Waals surface area contributed by atoms with Gasteiger partial charge in [-0.1, -0.05) is 24.6 Å². The maximum atomic E-state index is 12.9. The highest BCUT2D eigenvalue weighted by atomic mass is 32.2. The number of H-pyrrole nitrogens is 1. The second kappa shape index (κ2) is 8.42. The normalized spacial score (nSPS) is 15.0. The van der Waals surface area contributed by atoms with Gasteiger partial charge in [0.25, 0.3) is 5.56 Å². The summed E-state index contributed by atoms with van der Waals surface area (Å²) in [4.78, 5) is 23.9. The number of nitrogens with two attached hydrogens (primary N) is 1. The monoisotopic (exact) mass is 461 g/mol. The number of nitrogen functional groups attached to an aromatic ring is 1. The second-order valence-corrected chi connectivity index (χ2v) is 10.0. The lowest BCUT2D eigenvalue weighted by atomic mass is 10.1. The van der Waals surface area contributed by atoms with Gasteiger partial charge in [0.2, 0.25) is 10.0 Å². The van der Waals surface area contributed by atoms with Gasteiger partial charge in [-0.2, -0.15) is 4.31 Å². The van der Waals surface area contributed by atoms with E-state index in [-0.39, 0.29) is 16.3 Å². The summed E-state index contributed by atoms with van der Waals surface area (Å²) >= 11 is 0. The van der Waals surface area contributed by atoms with Crippen LogP contribution < -0.4 is 11.3 Å². The highest BCUT2D eigenvalue weighted by Gasteiger charge is 2.25. The van der Waals surface area contributed by atoms with Gasteiger partial charge in [0.15, 0.2) is 0 Å². The van der Waals surface area contributed by atoms with Gasteiger partial charge in [0, 0.05) is 35.8 Å². The average Bonchev–Trinajstić information content (AvgIpc) is 2.85. The third-order valence-electron chi connectivity index (χ3n) is 5.95. The predicted molar refractivity (Wildman–Crippen MR) is 128 cm³/mol. The fraction of sp³-hybridized carbons (Fsp3) is 0.208. The number of anilines is 1. The number of nitrogens with one attached hydrogen (secondary N) is 1. The van der Waals surface area contributed by atoms with Gasteiger partial charge in [0.05, 0.1) is 16.8 Å². The molecule has 0 bridgehead atoms. The van der Waals surface area contributed by atoms with Crippen molar-refractivity contribution in [3.63, 3.8) is 0 Å². The minimum atomic E-state index is -3.49. The molecule has 0 atom stereocenters. The fourth-order valence-electron chi connectivity index (χ4n) is 4.14. The fourth-order valence-corrected chi connectivity index (χ4v) is 5.66. The van der Waals surface area contributed by atoms with Crippen LogP contribution in [0, 0.1) is 0 Å². The molecule has 0 spiro atoms. The molecule has 2 aromatic heterocycles. The lowest BCUT2D eigenvalue weighted by Crippen LogP contribution is -2.35. The van der Waals surface area contributed by atoms with Gasteiger partial charge < -0.3 is 10.7 Å². The molecule has 2 aromatic carbocycles. The molecular weight excluding hydrogens is 438 g/mol. The molecule has 3 N–H and O–H groups in total. The standard InChI is InChI=1S/C24H23N5O3S/c25-23-22(18-6-9-20-17(14-18)10-11-26-24(20)30)28-21(15-27-23)16-4-7-19(8-5-16)33(31,32)29-12-2-1-3-13-29/h4-11,14-15H,1-3,12-13H2,(H2,25,27)(H,26,30). The van der Waals surface area contributed by atoms with Crippen LogP contribution in [0.25, 0.3) is 33.3 Å². The van der Waals surface area contributed by atoms with Crippen LogP contribution in [0.15, 0.2) is 70.6 Å². The number of benzene rings is 2. The van der Waals surface area contributed by atoms with E-state index in [9.17, 15) is 13.2 Å². The van der Waals surface area contributed by atoms with Crippen LogP contribution in [0.5, 0.6) is 0 Å². The summed E-state index contributed by atoms with van der Waals surface area (Å²) in [5.74, 6) is 0.271. The van der Waals surface area contributed by atoms with E-state index < -0.39 is 10.0 Å². The molecule has 4 aromatic rings. The van der Waals surface area contributed by atoms with Gasteiger partial charge in [0.1, 0.15) is 11.5 Å². The summed E-state index contributed by atoms with van der Waals surface area (Å²) in [6.45, 7) is 1.13. The van der Waals surface area contributed by atoms with Gasteiger partial charge in [-0.25, -0.2) is 18.4 Å². The van der Waals surface area contributed by atoms with E-state index in [1.807, 2.05) is 12.1 Å². The van der Waals surface area contributed by atoms with Gasteiger partial charge in [-0.3, -0.25) is 4.79 Å². The third kappa shape index (κ3) is 4.01. The van der Waals surface area contributed by atoms with Crippen LogP contribution in [0.2, 0.25) is 0 Å². The number of aromatic amines is 1. The van der Waals surface area contributed by atoms with Crippen molar-refractivity contribution < 1.29 is 8.42 Å². The summed E-state index contributed by atoms with van der Waals surface area (Å²) in [5.41, 5.74) is 8.50. The highest BCUT2D eigenvalue weighted by molar-refractivity contribution is 7.89. The smallest absolute Gasteiger partial charge is 0.255 e. The van der Waals surface area contributed by atoms with E-state index in [0.717, 1.165) is 35.8 Å². The third-order valence-corrected chi connectivity index (χ3v) is 7.86. The zero-order valence-electron chi connectivity index (χ0n) is 17.9. The molecule has 0 radical (unpaired) electrons. The van der Waals surface area contributed by atoms with Crippen LogP contribution in [-0.2, 0) is 10.0 Å². The van der Waals surface area contributed by atoms with Crippen molar-refractivity contribution in [1.82, 2.24) is 19.3 Å². The Kier molecular flexibility index (Phi) is 5.43. The molecule has 1 aliphatic rings. The minimum absolute atomic E-state index is 0.161. The quantitative estimate of drug-likeness (QED) is 0.480. The Balaban J connectivity index is 1.49. The topological polar surface area (TPSA) is 122 Å². The van der Waals surface area contributed by atoms with E-state index in [2.05, 4.69) is 9.97 Å². The molecule has 1 fully saturated rings. The molecule has 8 nitrogen and oxygen atoms in total. The second-order valence-electron chi connectivity index (χ2n) is 8.09. The zero-order valence-corrected chi connectivity index (χ0v) is 18.7. The predicted octanol–water partition coefficient (Wildman–Crippen LogP) is 3.41. The lowest BCUT2D eigenvalue weighted by molar-refractivity contribution is 0.346. The first-order chi connectivity index (χ1) is 15.9. The Hall–Kier alpha value is -3.56. The van der Waals surface area contributed by atoms with Crippen LogP contribution in [-0.4, -0.2) is 40.8 Å². The van der Waals surface area contributed by atoms with Crippen LogP contribution >= 0.6 is 0 Å². The van der Waals surface area contributed by atoms with Gasteiger partial charge in [-0.05, 0) is 48.6 Å². The number of fused-ring (bicyclic) bond motifs is 1. The van der Waals surface area contributed by atoms with Crippen molar-refractivity contribution in [2.75, 3.05) is 18.8 Å². The first kappa shape index (κ1) is 21.3. The van der Waals surface area contributed by atoms with Gasteiger partial charge in [-0.15, -0.1) is 0 Å². The molecule has 0 unspecified atom stereocenters. The maximum Gasteiger partial charge on any atom is 0.255 e. The van der Waals surface area contributed by atoms with Crippen LogP contribution in [0.1, 0.15) is 19.3 Å². The maximum absolute atomic E-state index is 12.9. The summed E-state index contributed by atoms with van der Waals surface area (Å²) in [7, 11) is -3.49. The number of aromatic nitrogens is 3. The summed E-state index contributed by atoms with van der Waals surface area (Å²) in [6, 6.07) is 13.9. The molecule has 9 heteroatoms. The molecule has 3 heterocycles. The Morgan fingerprint density at radius 2 is 1.67 bits per heavy atom. The van der Waals surface area contributed by atoms with E-state index in [1.165, 1.54) is 0 Å². The summed E-state index contributed by atoms with van der Waals surface area (Å²) < 4.78 is 27.4. The Morgan fingerprint density at radius 3 is 2.42 bits per heavy atom. The number of hydrogen-bond acceptors (Lipinski definition) is 6. The van der Waals surface area contributed by atoms with E-state index in [4.69, 9.17) is 10.7 Å². The SMILES string of the molecule is Nc1ncc(-c2ccc(S(=O)(=O)N3CCCCC3)cc2)nc1-c1ccc2c(=O)[nH]ccc2c1. The highest BCUT2D eigenvalue weighted by Crippen LogP contribution is 2.29. The van der Waals surface area contributed by atoms with E-state index >= 15 is 0 Å². The molecule has 1 aliphatic heterocycles. The molecule has 5 rings (SSSR count). The Bertz CT molecular complexity index is 1490. The summed E-state index contributed by atoms with van der Waals surface area (Å²) in [5, 5.41) is 1.35. The molecular formula is C24H23N5O3S. The lowest BCUT2D eigenvalue weighted by Gasteiger charge is -2.25. The summed E-state index contributed by atoms with van der Waals surface area (Å²) in [6.07, 6.45) is 6.02. The first-order valence-electron chi connectivity index (χ1n) is 10.8. The van der Waals surface area contributed by atoms with Crippen molar-refractivity contribution in [2.45, 2.75) is 24.2 Å². The van der Waals surface area contributed by atoms with Crippen molar-refractivity contribution in [3.8, 4) is 22.5 Å². The van der Waals surface area contributed by atoms with Crippen molar-refractivity contribution in [3.05, 3.63) is 71.3 Å².